The summed E-state index contributed by atoms with van der Waals surface area (Å²) in [7, 11) is 0. The zero-order valence-corrected chi connectivity index (χ0v) is 16.9. The third kappa shape index (κ3) is 7.34. The van der Waals surface area contributed by atoms with Gasteiger partial charge in [-0.05, 0) is 72.6 Å². The largest absolute Gasteiger partial charge is 0.494 e. The van der Waals surface area contributed by atoms with Crippen molar-refractivity contribution in [2.75, 3.05) is 6.61 Å². The predicted molar refractivity (Wildman–Crippen MR) is 120 cm³/mol. The van der Waals surface area contributed by atoms with E-state index in [0.29, 0.717) is 0 Å². The van der Waals surface area contributed by atoms with Crippen LogP contribution in [0, 0.1) is 0 Å². The van der Waals surface area contributed by atoms with Crippen LogP contribution in [0.2, 0.25) is 0 Å². The van der Waals surface area contributed by atoms with Gasteiger partial charge in [-0.2, -0.15) is 10.2 Å². The number of hydrogen-bond acceptors (Lipinski definition) is 4. The van der Waals surface area contributed by atoms with Crippen molar-refractivity contribution < 1.29 is 4.74 Å². The maximum Gasteiger partial charge on any atom is 0.119 e. The molecule has 0 atom stereocenters. The number of aliphatic imine (C=N–C) groups is 1. The molecule has 0 unspecified atom stereocenters. The van der Waals surface area contributed by atoms with E-state index in [9.17, 15) is 0 Å². The number of azo groups is 1. The first-order valence-electron chi connectivity index (χ1n) is 10.2. The molecule has 0 aliphatic rings. The van der Waals surface area contributed by atoms with Crippen molar-refractivity contribution >= 4 is 23.3 Å². The number of rotatable bonds is 10. The van der Waals surface area contributed by atoms with Gasteiger partial charge in [0, 0.05) is 6.21 Å². The average molecular weight is 386 g/mol. The van der Waals surface area contributed by atoms with E-state index in [1.807, 2.05) is 85.1 Å². The molecule has 0 aliphatic carbocycles. The third-order valence-corrected chi connectivity index (χ3v) is 4.40. The van der Waals surface area contributed by atoms with Crippen LogP contribution in [0.1, 0.15) is 38.2 Å². The van der Waals surface area contributed by atoms with E-state index in [-0.39, 0.29) is 0 Å². The number of ether oxygens (including phenoxy) is 1. The average Bonchev–Trinajstić information content (AvgIpc) is 2.78. The summed E-state index contributed by atoms with van der Waals surface area (Å²) in [6, 6.07) is 25.4. The monoisotopic (exact) mass is 385 g/mol. The van der Waals surface area contributed by atoms with Crippen LogP contribution in [0.25, 0.3) is 0 Å². The van der Waals surface area contributed by atoms with E-state index >= 15 is 0 Å². The van der Waals surface area contributed by atoms with Gasteiger partial charge in [0.25, 0.3) is 0 Å². The molecule has 0 spiro atoms. The van der Waals surface area contributed by atoms with Crippen LogP contribution in [-0.4, -0.2) is 12.8 Å². The van der Waals surface area contributed by atoms with Crippen LogP contribution in [0.5, 0.6) is 5.75 Å². The molecule has 4 heteroatoms. The molecule has 3 aromatic carbocycles. The number of hydrogen-bond donors (Lipinski definition) is 0. The summed E-state index contributed by atoms with van der Waals surface area (Å²) in [5, 5.41) is 8.46. The van der Waals surface area contributed by atoms with Gasteiger partial charge in [0.1, 0.15) is 5.75 Å². The van der Waals surface area contributed by atoms with Gasteiger partial charge < -0.3 is 4.74 Å². The minimum Gasteiger partial charge on any atom is -0.494 e. The highest BCUT2D eigenvalue weighted by Crippen LogP contribution is 2.21. The summed E-state index contributed by atoms with van der Waals surface area (Å²) in [6.45, 7) is 2.99. The SMILES string of the molecule is CCCCCCOc1ccc(C=Nc2ccc(N=Nc3ccccc3)cc2)cc1. The molecule has 0 radical (unpaired) electrons. The Morgan fingerprint density at radius 3 is 2.03 bits per heavy atom. The van der Waals surface area contributed by atoms with Gasteiger partial charge in [-0.3, -0.25) is 4.99 Å². The lowest BCUT2D eigenvalue weighted by molar-refractivity contribution is 0.305. The molecule has 148 valence electrons. The van der Waals surface area contributed by atoms with E-state index in [0.717, 1.165) is 41.4 Å². The lowest BCUT2D eigenvalue weighted by Crippen LogP contribution is -1.97. The molecule has 0 heterocycles. The summed E-state index contributed by atoms with van der Waals surface area (Å²) < 4.78 is 5.77. The highest BCUT2D eigenvalue weighted by molar-refractivity contribution is 5.82. The summed E-state index contributed by atoms with van der Waals surface area (Å²) >= 11 is 0. The highest BCUT2D eigenvalue weighted by Gasteiger charge is 1.96. The lowest BCUT2D eigenvalue weighted by atomic mass is 10.2. The van der Waals surface area contributed by atoms with Crippen LogP contribution in [0.4, 0.5) is 17.1 Å². The smallest absolute Gasteiger partial charge is 0.119 e. The molecular weight excluding hydrogens is 358 g/mol. The van der Waals surface area contributed by atoms with Gasteiger partial charge in [-0.25, -0.2) is 0 Å². The van der Waals surface area contributed by atoms with Crippen molar-refractivity contribution in [1.29, 1.82) is 0 Å². The third-order valence-electron chi connectivity index (χ3n) is 4.40. The van der Waals surface area contributed by atoms with E-state index < -0.39 is 0 Å². The summed E-state index contributed by atoms with van der Waals surface area (Å²) in [6.07, 6.45) is 6.71. The van der Waals surface area contributed by atoms with Crippen molar-refractivity contribution in [1.82, 2.24) is 0 Å². The molecule has 3 rings (SSSR count). The summed E-state index contributed by atoms with van der Waals surface area (Å²) in [5.74, 6) is 0.909. The van der Waals surface area contributed by atoms with E-state index in [1.54, 1.807) is 0 Å². The molecule has 0 saturated carbocycles. The Labute approximate surface area is 173 Å². The summed E-state index contributed by atoms with van der Waals surface area (Å²) in [4.78, 5) is 4.52. The van der Waals surface area contributed by atoms with Gasteiger partial charge >= 0.3 is 0 Å². The number of unbranched alkanes of at least 4 members (excludes halogenated alkanes) is 3. The first kappa shape index (κ1) is 20.5. The van der Waals surface area contributed by atoms with E-state index in [1.165, 1.54) is 19.3 Å². The number of nitrogens with zero attached hydrogens (tertiary/aromatic N) is 3. The highest BCUT2D eigenvalue weighted by atomic mass is 16.5. The Hall–Kier alpha value is -3.27. The summed E-state index contributed by atoms with van der Waals surface area (Å²) in [5.41, 5.74) is 3.55. The van der Waals surface area contributed by atoms with Crippen LogP contribution in [0.3, 0.4) is 0 Å². The minimum absolute atomic E-state index is 0.779. The fraction of sp³-hybridized carbons (Fsp3) is 0.240. The van der Waals surface area contributed by atoms with Crippen molar-refractivity contribution in [3.05, 3.63) is 84.4 Å². The normalized spacial score (nSPS) is 11.3. The Kier molecular flexibility index (Phi) is 8.15. The topological polar surface area (TPSA) is 46.3 Å². The molecule has 0 bridgehead atoms. The lowest BCUT2D eigenvalue weighted by Gasteiger charge is -2.05. The Morgan fingerprint density at radius 2 is 1.34 bits per heavy atom. The zero-order chi connectivity index (χ0) is 20.2. The van der Waals surface area contributed by atoms with Crippen LogP contribution in [0.15, 0.2) is 94.1 Å². The molecule has 0 N–H and O–H groups in total. The Morgan fingerprint density at radius 1 is 0.690 bits per heavy atom. The second kappa shape index (κ2) is 11.5. The molecule has 0 aliphatic heterocycles. The van der Waals surface area contributed by atoms with E-state index in [4.69, 9.17) is 4.74 Å². The number of benzene rings is 3. The van der Waals surface area contributed by atoms with E-state index in [2.05, 4.69) is 22.1 Å². The van der Waals surface area contributed by atoms with Crippen molar-refractivity contribution in [2.45, 2.75) is 32.6 Å². The van der Waals surface area contributed by atoms with Gasteiger partial charge in [-0.15, -0.1) is 0 Å². The Balaban J connectivity index is 1.50. The van der Waals surface area contributed by atoms with Gasteiger partial charge in [0.05, 0.1) is 23.7 Å². The van der Waals surface area contributed by atoms with Crippen molar-refractivity contribution in [3.63, 3.8) is 0 Å². The van der Waals surface area contributed by atoms with Gasteiger partial charge in [0.2, 0.25) is 0 Å². The maximum atomic E-state index is 5.77. The second-order valence-electron chi connectivity index (χ2n) is 6.79. The molecule has 0 aromatic heterocycles. The fourth-order valence-electron chi connectivity index (χ4n) is 2.73. The second-order valence-corrected chi connectivity index (χ2v) is 6.79. The van der Waals surface area contributed by atoms with Crippen LogP contribution < -0.4 is 4.74 Å². The molecular formula is C25H27N3O. The van der Waals surface area contributed by atoms with Crippen molar-refractivity contribution in [2.24, 2.45) is 15.2 Å². The first-order valence-corrected chi connectivity index (χ1v) is 10.2. The molecule has 4 nitrogen and oxygen atoms in total. The molecule has 0 amide bonds. The molecule has 29 heavy (non-hydrogen) atoms. The standard InChI is InChI=1S/C25H27N3O/c1-2-3-4-8-19-29-25-17-11-21(12-18-25)20-26-22-13-15-24(16-14-22)28-27-23-9-6-5-7-10-23/h5-7,9-18,20H,2-4,8,19H2,1H3. The predicted octanol–water partition coefficient (Wildman–Crippen LogP) is 7.81. The Bertz CT molecular complexity index is 901. The van der Waals surface area contributed by atoms with Crippen LogP contribution in [-0.2, 0) is 0 Å². The maximum absolute atomic E-state index is 5.77. The fourth-order valence-corrected chi connectivity index (χ4v) is 2.73. The first-order chi connectivity index (χ1) is 14.3. The zero-order valence-electron chi connectivity index (χ0n) is 16.9. The molecule has 0 fully saturated rings. The van der Waals surface area contributed by atoms with Gasteiger partial charge in [-0.1, -0.05) is 44.4 Å². The molecule has 3 aromatic rings. The quantitative estimate of drug-likeness (QED) is 0.199. The van der Waals surface area contributed by atoms with Crippen molar-refractivity contribution in [3.8, 4) is 5.75 Å². The van der Waals surface area contributed by atoms with Gasteiger partial charge in [0.15, 0.2) is 0 Å². The van der Waals surface area contributed by atoms with Crippen LogP contribution >= 0.6 is 0 Å². The molecule has 0 saturated heterocycles. The minimum atomic E-state index is 0.779.